The van der Waals surface area contributed by atoms with Crippen molar-refractivity contribution in [2.45, 2.75) is 56.6 Å². The molecule has 8 nitrogen and oxygen atoms in total. The topological polar surface area (TPSA) is 115 Å². The Morgan fingerprint density at radius 3 is 2.75 bits per heavy atom. The first-order valence-electron chi connectivity index (χ1n) is 11.4. The second kappa shape index (κ2) is 10.1. The maximum absolute atomic E-state index is 13.8. The summed E-state index contributed by atoms with van der Waals surface area (Å²) in [6, 6.07) is 7.05. The monoisotopic (exact) mass is 524 g/mol. The van der Waals surface area contributed by atoms with Crippen LogP contribution in [0.15, 0.2) is 36.5 Å². The van der Waals surface area contributed by atoms with Gasteiger partial charge in [-0.15, -0.1) is 0 Å². The number of halogens is 4. The van der Waals surface area contributed by atoms with Gasteiger partial charge in [0.1, 0.15) is 6.04 Å². The second-order valence-electron chi connectivity index (χ2n) is 8.70. The number of aryl methyl sites for hydroxylation is 1. The number of aromatic nitrogens is 1. The largest absolute Gasteiger partial charge is 0.490 e. The molecule has 1 aromatic carbocycles. The Morgan fingerprint density at radius 2 is 2.03 bits per heavy atom. The number of nitrogens with zero attached hydrogens (tertiary/aromatic N) is 2. The van der Waals surface area contributed by atoms with Crippen molar-refractivity contribution in [1.29, 1.82) is 0 Å². The van der Waals surface area contributed by atoms with Gasteiger partial charge in [-0.3, -0.25) is 14.6 Å². The molecule has 36 heavy (non-hydrogen) atoms. The minimum absolute atomic E-state index is 0.102. The number of hydrogen-bond donors (Lipinski definition) is 2. The van der Waals surface area contributed by atoms with E-state index < -0.39 is 35.6 Å². The Hall–Kier alpha value is -3.18. The summed E-state index contributed by atoms with van der Waals surface area (Å²) in [5, 5.41) is 3.24. The van der Waals surface area contributed by atoms with Crippen LogP contribution in [0.2, 0.25) is 5.02 Å². The molecule has 1 unspecified atom stereocenters. The number of hydrogen-bond acceptors (Lipinski definition) is 6. The number of fused-ring (bicyclic) bond motifs is 1. The molecule has 1 aromatic heterocycles. The number of benzene rings is 1. The number of carbonyl (C=O) groups excluding carboxylic acids is 3. The lowest BCUT2D eigenvalue weighted by Gasteiger charge is -2.35. The Morgan fingerprint density at radius 1 is 1.25 bits per heavy atom. The van der Waals surface area contributed by atoms with Gasteiger partial charge in [-0.05, 0) is 48.6 Å². The number of rotatable bonds is 6. The smallest absolute Gasteiger partial charge is 0.437 e. The van der Waals surface area contributed by atoms with Gasteiger partial charge in [0, 0.05) is 48.5 Å². The Labute approximate surface area is 209 Å². The summed E-state index contributed by atoms with van der Waals surface area (Å²) >= 11 is 6.05. The van der Waals surface area contributed by atoms with E-state index in [4.69, 9.17) is 22.1 Å². The lowest BCUT2D eigenvalue weighted by atomic mass is 9.94. The lowest BCUT2D eigenvalue weighted by molar-refractivity contribution is -0.217. The first-order valence-corrected chi connectivity index (χ1v) is 11.8. The van der Waals surface area contributed by atoms with Gasteiger partial charge in [-0.25, -0.2) is 4.79 Å². The van der Waals surface area contributed by atoms with Crippen LogP contribution in [-0.4, -0.2) is 46.4 Å². The highest BCUT2D eigenvalue weighted by Gasteiger charge is 2.57. The number of ether oxygens (including phenoxy) is 1. The lowest BCUT2D eigenvalue weighted by Crippen LogP contribution is -2.54. The Bertz CT molecular complexity index is 1190. The molecule has 1 saturated heterocycles. The van der Waals surface area contributed by atoms with Crippen LogP contribution < -0.4 is 11.1 Å². The molecule has 0 spiro atoms. The number of likely N-dealkylation sites (tertiary alicyclic amines) is 1. The number of alkyl halides is 3. The molecule has 1 aliphatic carbocycles. The van der Waals surface area contributed by atoms with Crippen LogP contribution in [-0.2, 0) is 44.2 Å². The zero-order valence-electron chi connectivity index (χ0n) is 19.1. The minimum Gasteiger partial charge on any atom is -0.437 e. The molecular formula is C24H24ClF3N4O4. The third-order valence-corrected chi connectivity index (χ3v) is 6.78. The van der Waals surface area contributed by atoms with Crippen molar-refractivity contribution in [3.05, 3.63) is 63.9 Å². The summed E-state index contributed by atoms with van der Waals surface area (Å²) in [5.41, 5.74) is 5.51. The minimum atomic E-state index is -5.29. The van der Waals surface area contributed by atoms with Crippen molar-refractivity contribution in [1.82, 2.24) is 15.2 Å². The molecular weight excluding hydrogens is 501 g/mol. The zero-order chi connectivity index (χ0) is 26.1. The van der Waals surface area contributed by atoms with E-state index >= 15 is 0 Å². The molecule has 2 aromatic rings. The van der Waals surface area contributed by atoms with Crippen molar-refractivity contribution in [3.63, 3.8) is 0 Å². The Kier molecular flexibility index (Phi) is 7.24. The van der Waals surface area contributed by atoms with Gasteiger partial charge in [0.15, 0.2) is 0 Å². The van der Waals surface area contributed by atoms with Crippen LogP contribution in [0.25, 0.3) is 0 Å². The summed E-state index contributed by atoms with van der Waals surface area (Å²) in [6.45, 7) is 0.464. The highest BCUT2D eigenvalue weighted by molar-refractivity contribution is 6.30. The number of nitrogens with one attached hydrogen (secondary N) is 1. The number of nitrogens with two attached hydrogens (primary N) is 1. The first-order chi connectivity index (χ1) is 17.1. The molecule has 2 atom stereocenters. The van der Waals surface area contributed by atoms with Gasteiger partial charge >= 0.3 is 12.1 Å². The predicted molar refractivity (Wildman–Crippen MR) is 122 cm³/mol. The SMILES string of the molecule is NCc1ccc(Cl)cc1CNC(=O)[C@@H]1CCCN1C(=O)C1(OC(=O)C(F)(F)F)CCc2ncccc21. The molecule has 3 N–H and O–H groups in total. The van der Waals surface area contributed by atoms with Crippen LogP contribution >= 0.6 is 11.6 Å². The highest BCUT2D eigenvalue weighted by atomic mass is 35.5. The summed E-state index contributed by atoms with van der Waals surface area (Å²) in [4.78, 5) is 44.1. The average molecular weight is 525 g/mol. The van der Waals surface area contributed by atoms with Crippen LogP contribution in [0.4, 0.5) is 13.2 Å². The van der Waals surface area contributed by atoms with Crippen molar-refractivity contribution >= 4 is 29.4 Å². The van der Waals surface area contributed by atoms with Crippen LogP contribution in [0.1, 0.15) is 41.6 Å². The van der Waals surface area contributed by atoms with Crippen molar-refractivity contribution in [2.75, 3.05) is 6.54 Å². The van der Waals surface area contributed by atoms with Crippen molar-refractivity contribution in [2.24, 2.45) is 5.73 Å². The fourth-order valence-electron chi connectivity index (χ4n) is 4.79. The average Bonchev–Trinajstić information content (AvgIpc) is 3.48. The third kappa shape index (κ3) is 4.90. The zero-order valence-corrected chi connectivity index (χ0v) is 19.9. The molecule has 2 heterocycles. The van der Waals surface area contributed by atoms with Gasteiger partial charge < -0.3 is 20.7 Å². The summed E-state index contributed by atoms with van der Waals surface area (Å²) in [7, 11) is 0. The van der Waals surface area contributed by atoms with Crippen LogP contribution in [0.3, 0.4) is 0 Å². The van der Waals surface area contributed by atoms with Crippen LogP contribution in [0.5, 0.6) is 0 Å². The van der Waals surface area contributed by atoms with E-state index in [9.17, 15) is 27.6 Å². The third-order valence-electron chi connectivity index (χ3n) is 6.54. The summed E-state index contributed by atoms with van der Waals surface area (Å²) < 4.78 is 44.4. The quantitative estimate of drug-likeness (QED) is 0.562. The van der Waals surface area contributed by atoms with Gasteiger partial charge in [-0.1, -0.05) is 23.7 Å². The molecule has 0 bridgehead atoms. The molecule has 1 aliphatic heterocycles. The highest BCUT2D eigenvalue weighted by Crippen LogP contribution is 2.43. The van der Waals surface area contributed by atoms with Crippen LogP contribution in [0, 0.1) is 0 Å². The molecule has 2 aliphatic rings. The summed E-state index contributed by atoms with van der Waals surface area (Å²) in [5.74, 6) is -3.82. The van der Waals surface area contributed by atoms with Crippen molar-refractivity contribution < 1.29 is 32.3 Å². The van der Waals surface area contributed by atoms with E-state index in [1.165, 1.54) is 23.2 Å². The van der Waals surface area contributed by atoms with E-state index in [0.717, 1.165) is 5.56 Å². The standard InChI is InChI=1S/C24H24ClF3N4O4/c25-16-6-5-14(12-29)15(11-16)13-31-20(33)19-4-2-10-32(19)21(34)23(36-22(35)24(26,27)28)8-7-18-17(23)3-1-9-30-18/h1,3,5-6,9,11,19H,2,4,7-8,10,12-13,29H2,(H,31,33)/t19-,23?/m0/s1. The number of amides is 2. The maximum atomic E-state index is 13.8. The molecule has 1 fully saturated rings. The maximum Gasteiger partial charge on any atom is 0.490 e. The van der Waals surface area contributed by atoms with E-state index in [0.29, 0.717) is 29.1 Å². The van der Waals surface area contributed by atoms with E-state index in [-0.39, 0.29) is 38.0 Å². The number of pyridine rings is 1. The first kappa shape index (κ1) is 25.9. The molecule has 2 amide bonds. The van der Waals surface area contributed by atoms with E-state index in [1.807, 2.05) is 0 Å². The number of esters is 1. The molecule has 0 saturated carbocycles. The second-order valence-corrected chi connectivity index (χ2v) is 9.14. The molecule has 12 heteroatoms. The number of carbonyl (C=O) groups is 3. The predicted octanol–water partition coefficient (Wildman–Crippen LogP) is 2.75. The Balaban J connectivity index is 1.58. The fraction of sp³-hybridized carbons (Fsp3) is 0.417. The fourth-order valence-corrected chi connectivity index (χ4v) is 4.99. The molecule has 0 radical (unpaired) electrons. The van der Waals surface area contributed by atoms with E-state index in [1.54, 1.807) is 18.2 Å². The van der Waals surface area contributed by atoms with Gasteiger partial charge in [0.05, 0.1) is 0 Å². The molecule has 4 rings (SSSR count). The normalized spacial score (nSPS) is 21.2. The van der Waals surface area contributed by atoms with E-state index in [2.05, 4.69) is 10.3 Å². The van der Waals surface area contributed by atoms with Gasteiger partial charge in [0.25, 0.3) is 5.91 Å². The van der Waals surface area contributed by atoms with Crippen molar-refractivity contribution in [3.8, 4) is 0 Å². The van der Waals surface area contributed by atoms with Gasteiger partial charge in [0.2, 0.25) is 11.5 Å². The molecule has 192 valence electrons. The summed E-state index contributed by atoms with van der Waals surface area (Å²) in [6.07, 6.45) is -3.14. The van der Waals surface area contributed by atoms with Gasteiger partial charge in [-0.2, -0.15) is 13.2 Å².